The first-order chi connectivity index (χ1) is 9.56. The van der Waals surface area contributed by atoms with Crippen LogP contribution in [0.5, 0.6) is 0 Å². The fraction of sp³-hybridized carbons (Fsp3) is 0.0714. The van der Waals surface area contributed by atoms with E-state index in [1.165, 1.54) is 18.5 Å². The van der Waals surface area contributed by atoms with Crippen molar-refractivity contribution in [2.45, 2.75) is 6.92 Å². The van der Waals surface area contributed by atoms with Crippen molar-refractivity contribution in [1.82, 2.24) is 14.4 Å². The molecule has 3 aromatic rings. The lowest BCUT2D eigenvalue weighted by Crippen LogP contribution is -2.01. The number of imidazole rings is 1. The second kappa shape index (κ2) is 4.41. The molecule has 0 atom stereocenters. The van der Waals surface area contributed by atoms with E-state index in [0.717, 1.165) is 5.69 Å². The predicted molar refractivity (Wildman–Crippen MR) is 70.1 cm³/mol. The van der Waals surface area contributed by atoms with Crippen molar-refractivity contribution in [3.8, 4) is 11.3 Å². The van der Waals surface area contributed by atoms with E-state index in [4.69, 9.17) is 5.11 Å². The highest BCUT2D eigenvalue weighted by atomic mass is 19.1. The Labute approximate surface area is 113 Å². The van der Waals surface area contributed by atoms with Gasteiger partial charge in [-0.25, -0.2) is 19.2 Å². The highest BCUT2D eigenvalue weighted by Gasteiger charge is 2.15. The largest absolute Gasteiger partial charge is 0.476 e. The van der Waals surface area contributed by atoms with Gasteiger partial charge >= 0.3 is 5.97 Å². The number of rotatable bonds is 2. The zero-order valence-electron chi connectivity index (χ0n) is 10.5. The summed E-state index contributed by atoms with van der Waals surface area (Å²) in [6, 6.07) is 7.76. The van der Waals surface area contributed by atoms with Crippen LogP contribution in [0, 0.1) is 12.7 Å². The Morgan fingerprint density at radius 2 is 2.15 bits per heavy atom. The van der Waals surface area contributed by atoms with Crippen LogP contribution in [-0.2, 0) is 0 Å². The molecule has 5 nitrogen and oxygen atoms in total. The number of hydrogen-bond acceptors (Lipinski definition) is 3. The van der Waals surface area contributed by atoms with Gasteiger partial charge < -0.3 is 5.11 Å². The first kappa shape index (κ1) is 12.3. The second-order valence-electron chi connectivity index (χ2n) is 4.39. The minimum Gasteiger partial charge on any atom is -0.476 e. The average Bonchev–Trinajstić information content (AvgIpc) is 2.83. The van der Waals surface area contributed by atoms with Gasteiger partial charge in [0.1, 0.15) is 12.1 Å². The molecule has 0 aliphatic carbocycles. The van der Waals surface area contributed by atoms with Gasteiger partial charge in [-0.15, -0.1) is 0 Å². The summed E-state index contributed by atoms with van der Waals surface area (Å²) in [4.78, 5) is 19.2. The highest BCUT2D eigenvalue weighted by molar-refractivity contribution is 5.92. The number of carbonyl (C=O) groups is 1. The number of nitrogens with zero attached hydrogens (tertiary/aromatic N) is 3. The topological polar surface area (TPSA) is 67.5 Å². The predicted octanol–water partition coefficient (Wildman–Crippen LogP) is 2.54. The van der Waals surface area contributed by atoms with E-state index in [9.17, 15) is 9.18 Å². The van der Waals surface area contributed by atoms with E-state index in [-0.39, 0.29) is 17.2 Å². The summed E-state index contributed by atoms with van der Waals surface area (Å²) in [7, 11) is 0. The summed E-state index contributed by atoms with van der Waals surface area (Å²) in [6.45, 7) is 1.81. The Balaban J connectivity index is 2.27. The third-order valence-corrected chi connectivity index (χ3v) is 3.02. The molecule has 1 aromatic carbocycles. The molecule has 0 aliphatic rings. The molecule has 0 radical (unpaired) electrons. The van der Waals surface area contributed by atoms with Gasteiger partial charge in [0.25, 0.3) is 0 Å². The molecule has 0 aliphatic heterocycles. The van der Waals surface area contributed by atoms with Gasteiger partial charge in [0.2, 0.25) is 0 Å². The zero-order valence-corrected chi connectivity index (χ0v) is 10.5. The monoisotopic (exact) mass is 271 g/mol. The lowest BCUT2D eigenvalue weighted by atomic mass is 10.1. The molecule has 0 saturated carbocycles. The molecular formula is C14H10FN3O2. The number of benzene rings is 1. The van der Waals surface area contributed by atoms with Crippen molar-refractivity contribution in [3.05, 3.63) is 53.9 Å². The third-order valence-electron chi connectivity index (χ3n) is 3.02. The summed E-state index contributed by atoms with van der Waals surface area (Å²) in [5, 5.41) is 9.09. The van der Waals surface area contributed by atoms with Crippen molar-refractivity contribution in [3.63, 3.8) is 0 Å². The molecule has 6 heteroatoms. The number of hydrogen-bond donors (Lipinski definition) is 1. The van der Waals surface area contributed by atoms with Crippen molar-refractivity contribution in [2.24, 2.45) is 0 Å². The summed E-state index contributed by atoms with van der Waals surface area (Å²) >= 11 is 0. The van der Waals surface area contributed by atoms with E-state index >= 15 is 0 Å². The van der Waals surface area contributed by atoms with Crippen molar-refractivity contribution >= 4 is 11.6 Å². The van der Waals surface area contributed by atoms with Gasteiger partial charge in [0.05, 0.1) is 5.69 Å². The quantitative estimate of drug-likeness (QED) is 0.777. The molecule has 0 bridgehead atoms. The molecule has 100 valence electrons. The Morgan fingerprint density at radius 1 is 1.35 bits per heavy atom. The number of halogens is 1. The fourth-order valence-corrected chi connectivity index (χ4v) is 2.07. The summed E-state index contributed by atoms with van der Waals surface area (Å²) in [5.74, 6) is -1.51. The van der Waals surface area contributed by atoms with Gasteiger partial charge in [-0.3, -0.25) is 4.40 Å². The summed E-state index contributed by atoms with van der Waals surface area (Å²) in [5.41, 5.74) is 2.00. The van der Waals surface area contributed by atoms with E-state index in [1.54, 1.807) is 22.6 Å². The zero-order chi connectivity index (χ0) is 14.3. The number of aromatic nitrogens is 3. The van der Waals surface area contributed by atoms with Crippen molar-refractivity contribution in [2.75, 3.05) is 0 Å². The Kier molecular flexibility index (Phi) is 2.71. The van der Waals surface area contributed by atoms with Gasteiger partial charge in [-0.1, -0.05) is 12.1 Å². The minimum atomic E-state index is -1.14. The van der Waals surface area contributed by atoms with E-state index in [0.29, 0.717) is 11.3 Å². The van der Waals surface area contributed by atoms with Crippen molar-refractivity contribution in [1.29, 1.82) is 0 Å². The molecule has 0 spiro atoms. The van der Waals surface area contributed by atoms with Crippen LogP contribution < -0.4 is 0 Å². The second-order valence-corrected chi connectivity index (χ2v) is 4.39. The van der Waals surface area contributed by atoms with Gasteiger partial charge in [0.15, 0.2) is 11.3 Å². The standard InChI is InChI=1S/C14H10FN3O2/c1-8-5-11(9-3-2-4-10(15)6-9)17-13-12(14(19)20)16-7-18(8)13/h2-7H,1H3,(H,19,20). The number of carboxylic acids is 1. The lowest BCUT2D eigenvalue weighted by molar-refractivity contribution is 0.0693. The molecule has 2 aromatic heterocycles. The maximum Gasteiger partial charge on any atom is 0.358 e. The van der Waals surface area contributed by atoms with Crippen molar-refractivity contribution < 1.29 is 14.3 Å². The minimum absolute atomic E-state index is 0.119. The first-order valence-electron chi connectivity index (χ1n) is 5.90. The number of fused-ring (bicyclic) bond motifs is 1. The normalized spacial score (nSPS) is 10.9. The molecule has 0 fully saturated rings. The Bertz CT molecular complexity index is 826. The number of aromatic carboxylic acids is 1. The van der Waals surface area contributed by atoms with E-state index < -0.39 is 5.97 Å². The SMILES string of the molecule is Cc1cc(-c2cccc(F)c2)nc2c(C(=O)O)ncn12. The molecule has 0 saturated heterocycles. The summed E-state index contributed by atoms with van der Waals surface area (Å²) < 4.78 is 14.9. The van der Waals surface area contributed by atoms with Crippen LogP contribution in [0.1, 0.15) is 16.2 Å². The number of aryl methyl sites for hydroxylation is 1. The molecular weight excluding hydrogens is 261 g/mol. The molecule has 1 N–H and O–H groups in total. The van der Waals surface area contributed by atoms with Crippen LogP contribution in [-0.4, -0.2) is 25.4 Å². The molecule has 3 rings (SSSR count). The Hall–Kier alpha value is -2.76. The highest BCUT2D eigenvalue weighted by Crippen LogP contribution is 2.21. The molecule has 0 unspecified atom stereocenters. The van der Waals surface area contributed by atoms with Crippen LogP contribution in [0.15, 0.2) is 36.7 Å². The van der Waals surface area contributed by atoms with Crippen LogP contribution in [0.3, 0.4) is 0 Å². The molecule has 0 amide bonds. The van der Waals surface area contributed by atoms with Crippen LogP contribution in [0.4, 0.5) is 4.39 Å². The van der Waals surface area contributed by atoms with Gasteiger partial charge in [-0.2, -0.15) is 0 Å². The van der Waals surface area contributed by atoms with E-state index in [1.807, 2.05) is 6.92 Å². The molecule has 20 heavy (non-hydrogen) atoms. The van der Waals surface area contributed by atoms with Crippen LogP contribution in [0.25, 0.3) is 16.9 Å². The lowest BCUT2D eigenvalue weighted by Gasteiger charge is -2.05. The maximum atomic E-state index is 13.3. The smallest absolute Gasteiger partial charge is 0.358 e. The summed E-state index contributed by atoms with van der Waals surface area (Å²) in [6.07, 6.45) is 1.41. The maximum absolute atomic E-state index is 13.3. The van der Waals surface area contributed by atoms with Crippen LogP contribution >= 0.6 is 0 Å². The third kappa shape index (κ3) is 1.91. The average molecular weight is 271 g/mol. The van der Waals surface area contributed by atoms with E-state index in [2.05, 4.69) is 9.97 Å². The van der Waals surface area contributed by atoms with Gasteiger partial charge in [0, 0.05) is 11.3 Å². The van der Waals surface area contributed by atoms with Crippen LogP contribution in [0.2, 0.25) is 0 Å². The first-order valence-corrected chi connectivity index (χ1v) is 5.90. The Morgan fingerprint density at radius 3 is 2.85 bits per heavy atom. The number of carboxylic acid groups (broad SMARTS) is 1. The van der Waals surface area contributed by atoms with Gasteiger partial charge in [-0.05, 0) is 25.1 Å². The molecule has 2 heterocycles. The fourth-order valence-electron chi connectivity index (χ4n) is 2.07.